The molecule has 0 amide bonds. The third kappa shape index (κ3) is 2.61. The van der Waals surface area contributed by atoms with Crippen molar-refractivity contribution in [1.29, 1.82) is 0 Å². The first-order chi connectivity index (χ1) is 7.92. The van der Waals surface area contributed by atoms with Crippen LogP contribution in [0, 0.1) is 0 Å². The summed E-state index contributed by atoms with van der Waals surface area (Å²) in [5.41, 5.74) is 1.20. The molecule has 1 aliphatic rings. The standard InChI is InChI=1S/C13H18N2O/c16-14-11-13(12-7-3-1-4-8-12)15-9-5-2-6-10-15/h1,3-4,7-8,11,13,16H,2,5-6,9-10H2. The van der Waals surface area contributed by atoms with Crippen molar-refractivity contribution in [2.75, 3.05) is 13.1 Å². The minimum atomic E-state index is 0.117. The van der Waals surface area contributed by atoms with Gasteiger partial charge in [-0.3, -0.25) is 4.90 Å². The van der Waals surface area contributed by atoms with Gasteiger partial charge in [-0.1, -0.05) is 36.8 Å². The fourth-order valence-electron chi connectivity index (χ4n) is 2.30. The van der Waals surface area contributed by atoms with Crippen molar-refractivity contribution in [2.24, 2.45) is 5.16 Å². The van der Waals surface area contributed by atoms with Gasteiger partial charge in [0.2, 0.25) is 0 Å². The van der Waals surface area contributed by atoms with Crippen molar-refractivity contribution >= 4 is 6.21 Å². The summed E-state index contributed by atoms with van der Waals surface area (Å²) in [6.07, 6.45) is 5.42. The second-order valence-corrected chi connectivity index (χ2v) is 4.22. The van der Waals surface area contributed by atoms with E-state index in [4.69, 9.17) is 5.21 Å². The number of hydrogen-bond donors (Lipinski definition) is 1. The Balaban J connectivity index is 2.16. The topological polar surface area (TPSA) is 35.8 Å². The Morgan fingerprint density at radius 1 is 1.12 bits per heavy atom. The summed E-state index contributed by atoms with van der Waals surface area (Å²) in [5.74, 6) is 0. The smallest absolute Gasteiger partial charge is 0.0739 e. The zero-order valence-electron chi connectivity index (χ0n) is 9.42. The minimum absolute atomic E-state index is 0.117. The molecule has 1 aromatic carbocycles. The van der Waals surface area contributed by atoms with Gasteiger partial charge in [-0.25, -0.2) is 0 Å². The Kier molecular flexibility index (Phi) is 3.94. The van der Waals surface area contributed by atoms with Gasteiger partial charge in [0.15, 0.2) is 0 Å². The molecule has 0 spiro atoms. The van der Waals surface area contributed by atoms with Crippen LogP contribution in [0.2, 0.25) is 0 Å². The molecule has 1 aromatic rings. The molecule has 0 aliphatic carbocycles. The molecule has 86 valence electrons. The van der Waals surface area contributed by atoms with Crippen LogP contribution in [0.4, 0.5) is 0 Å². The Bertz CT molecular complexity index is 331. The van der Waals surface area contributed by atoms with Crippen LogP contribution in [0.15, 0.2) is 35.5 Å². The van der Waals surface area contributed by atoms with Crippen LogP contribution in [0.1, 0.15) is 30.9 Å². The average Bonchev–Trinajstić information content (AvgIpc) is 2.38. The van der Waals surface area contributed by atoms with Crippen molar-refractivity contribution < 1.29 is 5.21 Å². The van der Waals surface area contributed by atoms with Crippen LogP contribution in [-0.4, -0.2) is 29.4 Å². The van der Waals surface area contributed by atoms with E-state index in [1.54, 1.807) is 6.21 Å². The molecule has 0 bridgehead atoms. The SMILES string of the molecule is ON=CC(c1ccccc1)N1CCCCC1. The fraction of sp³-hybridized carbons (Fsp3) is 0.462. The molecule has 1 aliphatic heterocycles. The molecular formula is C13H18N2O. The number of piperidine rings is 1. The van der Waals surface area contributed by atoms with E-state index in [1.807, 2.05) is 18.2 Å². The molecule has 0 saturated carbocycles. The first kappa shape index (κ1) is 11.1. The van der Waals surface area contributed by atoms with Crippen molar-refractivity contribution in [3.8, 4) is 0 Å². The molecule has 0 radical (unpaired) electrons. The van der Waals surface area contributed by atoms with E-state index in [1.165, 1.54) is 24.8 Å². The summed E-state index contributed by atoms with van der Waals surface area (Å²) in [6, 6.07) is 10.3. The van der Waals surface area contributed by atoms with Crippen molar-refractivity contribution in [3.63, 3.8) is 0 Å². The maximum absolute atomic E-state index is 8.77. The summed E-state index contributed by atoms with van der Waals surface area (Å²) in [4.78, 5) is 2.37. The molecule has 3 nitrogen and oxygen atoms in total. The van der Waals surface area contributed by atoms with Gasteiger partial charge >= 0.3 is 0 Å². The van der Waals surface area contributed by atoms with Gasteiger partial charge in [0.05, 0.1) is 12.3 Å². The van der Waals surface area contributed by atoms with Gasteiger partial charge in [-0.2, -0.15) is 0 Å². The van der Waals surface area contributed by atoms with E-state index in [0.717, 1.165) is 13.1 Å². The van der Waals surface area contributed by atoms with E-state index in [-0.39, 0.29) is 6.04 Å². The van der Waals surface area contributed by atoms with Crippen LogP contribution in [0.3, 0.4) is 0 Å². The molecule has 2 rings (SSSR count). The Morgan fingerprint density at radius 2 is 1.81 bits per heavy atom. The number of likely N-dealkylation sites (tertiary alicyclic amines) is 1. The molecule has 1 atom stereocenters. The maximum Gasteiger partial charge on any atom is 0.0739 e. The summed E-state index contributed by atoms with van der Waals surface area (Å²) in [6.45, 7) is 2.18. The van der Waals surface area contributed by atoms with Crippen LogP contribution in [-0.2, 0) is 0 Å². The second-order valence-electron chi connectivity index (χ2n) is 4.22. The fourth-order valence-corrected chi connectivity index (χ4v) is 2.30. The highest BCUT2D eigenvalue weighted by molar-refractivity contribution is 5.66. The van der Waals surface area contributed by atoms with Crippen LogP contribution >= 0.6 is 0 Å². The maximum atomic E-state index is 8.77. The van der Waals surface area contributed by atoms with Gasteiger partial charge in [-0.15, -0.1) is 5.16 Å². The molecule has 3 heteroatoms. The number of oxime groups is 1. The van der Waals surface area contributed by atoms with Crippen LogP contribution in [0.5, 0.6) is 0 Å². The van der Waals surface area contributed by atoms with Crippen molar-refractivity contribution in [2.45, 2.75) is 25.3 Å². The summed E-state index contributed by atoms with van der Waals surface area (Å²) in [7, 11) is 0. The minimum Gasteiger partial charge on any atom is -0.411 e. The predicted molar refractivity (Wildman–Crippen MR) is 64.9 cm³/mol. The average molecular weight is 218 g/mol. The molecule has 1 heterocycles. The second kappa shape index (κ2) is 5.66. The van der Waals surface area contributed by atoms with E-state index in [2.05, 4.69) is 22.2 Å². The quantitative estimate of drug-likeness (QED) is 0.481. The Morgan fingerprint density at radius 3 is 2.44 bits per heavy atom. The first-order valence-corrected chi connectivity index (χ1v) is 5.88. The Hall–Kier alpha value is -1.35. The molecule has 0 aromatic heterocycles. The van der Waals surface area contributed by atoms with Crippen LogP contribution < -0.4 is 0 Å². The zero-order valence-corrected chi connectivity index (χ0v) is 9.42. The number of hydrogen-bond acceptors (Lipinski definition) is 3. The van der Waals surface area contributed by atoms with Gasteiger partial charge in [0.1, 0.15) is 0 Å². The molecule has 1 N–H and O–H groups in total. The van der Waals surface area contributed by atoms with E-state index >= 15 is 0 Å². The van der Waals surface area contributed by atoms with Gasteiger partial charge in [0, 0.05) is 0 Å². The molecule has 1 unspecified atom stereocenters. The van der Waals surface area contributed by atoms with E-state index in [0.29, 0.717) is 0 Å². The third-order valence-corrected chi connectivity index (χ3v) is 3.13. The molecule has 16 heavy (non-hydrogen) atoms. The predicted octanol–water partition coefficient (Wildman–Crippen LogP) is 2.67. The highest BCUT2D eigenvalue weighted by Crippen LogP contribution is 2.22. The highest BCUT2D eigenvalue weighted by atomic mass is 16.4. The number of benzene rings is 1. The lowest BCUT2D eigenvalue weighted by atomic mass is 10.0. The summed E-state index contributed by atoms with van der Waals surface area (Å²) >= 11 is 0. The van der Waals surface area contributed by atoms with E-state index in [9.17, 15) is 0 Å². The molecular weight excluding hydrogens is 200 g/mol. The van der Waals surface area contributed by atoms with Crippen LogP contribution in [0.25, 0.3) is 0 Å². The largest absolute Gasteiger partial charge is 0.411 e. The number of rotatable bonds is 3. The normalized spacial score (nSPS) is 20.0. The third-order valence-electron chi connectivity index (χ3n) is 3.13. The van der Waals surface area contributed by atoms with Gasteiger partial charge < -0.3 is 5.21 Å². The van der Waals surface area contributed by atoms with E-state index < -0.39 is 0 Å². The van der Waals surface area contributed by atoms with Gasteiger partial charge in [-0.05, 0) is 31.5 Å². The summed E-state index contributed by atoms with van der Waals surface area (Å²) in [5, 5.41) is 12.0. The lowest BCUT2D eigenvalue weighted by Crippen LogP contribution is -2.34. The summed E-state index contributed by atoms with van der Waals surface area (Å²) < 4.78 is 0. The monoisotopic (exact) mass is 218 g/mol. The van der Waals surface area contributed by atoms with Crippen molar-refractivity contribution in [1.82, 2.24) is 4.90 Å². The highest BCUT2D eigenvalue weighted by Gasteiger charge is 2.20. The molecule has 1 fully saturated rings. The first-order valence-electron chi connectivity index (χ1n) is 5.88. The number of nitrogens with zero attached hydrogens (tertiary/aromatic N) is 2. The zero-order chi connectivity index (χ0) is 11.2. The molecule has 1 saturated heterocycles. The lowest BCUT2D eigenvalue weighted by molar-refractivity contribution is 0.201. The van der Waals surface area contributed by atoms with Gasteiger partial charge in [0.25, 0.3) is 0 Å². The van der Waals surface area contributed by atoms with Crippen molar-refractivity contribution in [3.05, 3.63) is 35.9 Å². The lowest BCUT2D eigenvalue weighted by Gasteiger charge is -2.32. The Labute approximate surface area is 96.4 Å².